The van der Waals surface area contributed by atoms with Gasteiger partial charge in [0, 0.05) is 33.0 Å². The van der Waals surface area contributed by atoms with E-state index in [4.69, 9.17) is 4.74 Å². The van der Waals surface area contributed by atoms with Crippen LogP contribution in [0, 0.1) is 0 Å². The predicted octanol–water partition coefficient (Wildman–Crippen LogP) is 9.25. The molecule has 8 rings (SSSR count). The van der Waals surface area contributed by atoms with Crippen LogP contribution in [0.5, 0.6) is 11.5 Å². The fourth-order valence-electron chi connectivity index (χ4n) is 6.01. The molecular weight excluding hydrogens is 490 g/mol. The van der Waals surface area contributed by atoms with Crippen molar-refractivity contribution in [2.45, 2.75) is 0 Å². The monoisotopic (exact) mass is 513 g/mol. The number of pyridine rings is 1. The summed E-state index contributed by atoms with van der Waals surface area (Å²) in [4.78, 5) is 14.6. The van der Waals surface area contributed by atoms with Crippen LogP contribution in [0.15, 0.2) is 144 Å². The largest absolute Gasteiger partial charge is 0.456 e. The molecule has 0 radical (unpaired) electrons. The summed E-state index contributed by atoms with van der Waals surface area (Å²) in [6.45, 7) is 0. The molecular formula is C37H23NO2. The first-order valence-electron chi connectivity index (χ1n) is 13.4. The smallest absolute Gasteiger partial charge is 0.263 e. The Morgan fingerprint density at radius 1 is 0.450 bits per heavy atom. The van der Waals surface area contributed by atoms with Crippen LogP contribution in [-0.2, 0) is 0 Å². The zero-order valence-corrected chi connectivity index (χ0v) is 21.5. The molecule has 3 heteroatoms. The zero-order valence-electron chi connectivity index (χ0n) is 21.5. The Labute approximate surface area is 231 Å². The standard InChI is InChI=1S/C37H23NO2/c39-37-31-22-21-25(24-11-2-1-3-12-24)23-32(31)30-17-10-16-29-28-15-6-9-20-35(28)40-34-19-8-5-14-27(34)26-13-4-7-18-33(26)38(37)36(29)30/h1-23H. The van der Waals surface area contributed by atoms with Gasteiger partial charge >= 0.3 is 0 Å². The molecule has 1 aromatic heterocycles. The van der Waals surface area contributed by atoms with E-state index in [2.05, 4.69) is 54.6 Å². The molecule has 0 unspecified atom stereocenters. The lowest BCUT2D eigenvalue weighted by atomic mass is 9.94. The number of rotatable bonds is 1. The van der Waals surface area contributed by atoms with Crippen LogP contribution in [0.4, 0.5) is 0 Å². The second-order valence-corrected chi connectivity index (χ2v) is 10.1. The normalized spacial score (nSPS) is 11.8. The fraction of sp³-hybridized carbons (Fsp3) is 0. The van der Waals surface area contributed by atoms with Crippen molar-refractivity contribution < 1.29 is 4.74 Å². The average molecular weight is 514 g/mol. The van der Waals surface area contributed by atoms with Crippen LogP contribution in [-0.4, -0.2) is 4.57 Å². The zero-order chi connectivity index (χ0) is 26.6. The lowest BCUT2D eigenvalue weighted by molar-refractivity contribution is 0.486. The van der Waals surface area contributed by atoms with Crippen molar-refractivity contribution in [2.75, 3.05) is 0 Å². The molecule has 0 saturated heterocycles. The quantitative estimate of drug-likeness (QED) is 0.205. The van der Waals surface area contributed by atoms with Crippen LogP contribution in [0.3, 0.4) is 0 Å². The molecule has 1 aliphatic rings. The first-order chi connectivity index (χ1) is 19.8. The van der Waals surface area contributed by atoms with E-state index in [1.807, 2.05) is 89.5 Å². The van der Waals surface area contributed by atoms with Crippen molar-refractivity contribution >= 4 is 21.7 Å². The van der Waals surface area contributed by atoms with Crippen LogP contribution in [0.25, 0.3) is 60.7 Å². The molecule has 0 amide bonds. The fourth-order valence-corrected chi connectivity index (χ4v) is 6.01. The number of fused-ring (bicyclic) bond motifs is 8. The Morgan fingerprint density at radius 3 is 1.85 bits per heavy atom. The third kappa shape index (κ3) is 3.35. The average Bonchev–Trinajstić information content (AvgIpc) is 3.02. The van der Waals surface area contributed by atoms with Gasteiger partial charge in [0.25, 0.3) is 5.56 Å². The molecule has 0 N–H and O–H groups in total. The minimum absolute atomic E-state index is 0.0431. The number of hydrogen-bond acceptors (Lipinski definition) is 2. The van der Waals surface area contributed by atoms with E-state index in [0.29, 0.717) is 5.39 Å². The highest BCUT2D eigenvalue weighted by Crippen LogP contribution is 2.44. The molecule has 0 aliphatic carbocycles. The van der Waals surface area contributed by atoms with Crippen molar-refractivity contribution in [1.29, 1.82) is 0 Å². The second-order valence-electron chi connectivity index (χ2n) is 10.1. The van der Waals surface area contributed by atoms with Crippen LogP contribution < -0.4 is 10.3 Å². The lowest BCUT2D eigenvalue weighted by Crippen LogP contribution is -2.20. The SMILES string of the molecule is O=c1c2ccc(-c3ccccc3)cc2c2cccc3c2n1-c1ccccc1-c1ccccc1Oc1ccccc1-3. The topological polar surface area (TPSA) is 31.2 Å². The van der Waals surface area contributed by atoms with E-state index in [9.17, 15) is 4.79 Å². The highest BCUT2D eigenvalue weighted by atomic mass is 16.5. The van der Waals surface area contributed by atoms with Crippen molar-refractivity contribution in [3.05, 3.63) is 150 Å². The van der Waals surface area contributed by atoms with Crippen LogP contribution in [0.2, 0.25) is 0 Å². The van der Waals surface area contributed by atoms with E-state index in [-0.39, 0.29) is 5.56 Å². The number of aromatic nitrogens is 1. The lowest BCUT2D eigenvalue weighted by Gasteiger charge is -2.23. The summed E-state index contributed by atoms with van der Waals surface area (Å²) in [5, 5.41) is 2.64. The second kappa shape index (κ2) is 8.82. The van der Waals surface area contributed by atoms with E-state index >= 15 is 0 Å². The van der Waals surface area contributed by atoms with Gasteiger partial charge < -0.3 is 4.74 Å². The van der Waals surface area contributed by atoms with Gasteiger partial charge in [-0.1, -0.05) is 109 Å². The third-order valence-corrected chi connectivity index (χ3v) is 7.83. The van der Waals surface area contributed by atoms with Gasteiger partial charge in [0.1, 0.15) is 11.5 Å². The molecule has 0 bridgehead atoms. The van der Waals surface area contributed by atoms with Crippen molar-refractivity contribution in [3.8, 4) is 50.6 Å². The maximum atomic E-state index is 14.6. The molecule has 0 spiro atoms. The minimum atomic E-state index is -0.0431. The summed E-state index contributed by atoms with van der Waals surface area (Å²) in [7, 11) is 0. The molecule has 40 heavy (non-hydrogen) atoms. The molecule has 188 valence electrons. The number of para-hydroxylation sites is 4. The summed E-state index contributed by atoms with van der Waals surface area (Å²) in [5.74, 6) is 1.50. The van der Waals surface area contributed by atoms with Gasteiger partial charge in [-0.25, -0.2) is 0 Å². The number of hydrogen-bond donors (Lipinski definition) is 0. The van der Waals surface area contributed by atoms with Gasteiger partial charge in [-0.2, -0.15) is 0 Å². The summed E-state index contributed by atoms with van der Waals surface area (Å²) in [5.41, 5.74) is 7.62. The Balaban J connectivity index is 1.59. The highest BCUT2D eigenvalue weighted by Gasteiger charge is 2.23. The Kier molecular flexibility index (Phi) is 4.98. The Morgan fingerprint density at radius 2 is 1.07 bits per heavy atom. The minimum Gasteiger partial charge on any atom is -0.456 e. The van der Waals surface area contributed by atoms with Gasteiger partial charge in [-0.05, 0) is 46.8 Å². The third-order valence-electron chi connectivity index (χ3n) is 7.83. The van der Waals surface area contributed by atoms with Gasteiger partial charge in [-0.15, -0.1) is 0 Å². The molecule has 2 heterocycles. The Hall–Kier alpha value is -5.41. The highest BCUT2D eigenvalue weighted by molar-refractivity contribution is 6.12. The molecule has 0 saturated carbocycles. The van der Waals surface area contributed by atoms with E-state index < -0.39 is 0 Å². The molecule has 3 nitrogen and oxygen atoms in total. The first kappa shape index (κ1) is 22.6. The maximum absolute atomic E-state index is 14.6. The summed E-state index contributed by atoms with van der Waals surface area (Å²) in [6, 6.07) is 46.9. The van der Waals surface area contributed by atoms with Crippen molar-refractivity contribution in [2.24, 2.45) is 0 Å². The van der Waals surface area contributed by atoms with Crippen molar-refractivity contribution in [3.63, 3.8) is 0 Å². The molecule has 7 aromatic rings. The van der Waals surface area contributed by atoms with Gasteiger partial charge in [-0.3, -0.25) is 9.36 Å². The number of ether oxygens (including phenoxy) is 1. The predicted molar refractivity (Wildman–Crippen MR) is 163 cm³/mol. The summed E-state index contributed by atoms with van der Waals surface area (Å²) < 4.78 is 8.53. The van der Waals surface area contributed by atoms with Crippen LogP contribution in [0.1, 0.15) is 0 Å². The maximum Gasteiger partial charge on any atom is 0.263 e. The van der Waals surface area contributed by atoms with E-state index in [0.717, 1.165) is 66.9 Å². The Bertz CT molecular complexity index is 2160. The van der Waals surface area contributed by atoms with Crippen molar-refractivity contribution in [1.82, 2.24) is 4.57 Å². The first-order valence-corrected chi connectivity index (χ1v) is 13.4. The van der Waals surface area contributed by atoms with Crippen LogP contribution >= 0.6 is 0 Å². The van der Waals surface area contributed by atoms with E-state index in [1.165, 1.54) is 0 Å². The molecule has 0 fully saturated rings. The number of benzene rings is 6. The van der Waals surface area contributed by atoms with Gasteiger partial charge in [0.05, 0.1) is 11.2 Å². The molecule has 0 atom stereocenters. The summed E-state index contributed by atoms with van der Waals surface area (Å²) >= 11 is 0. The van der Waals surface area contributed by atoms with E-state index in [1.54, 1.807) is 0 Å². The molecule has 1 aliphatic heterocycles. The number of nitrogens with zero attached hydrogens (tertiary/aromatic N) is 1. The summed E-state index contributed by atoms with van der Waals surface area (Å²) in [6.07, 6.45) is 0. The molecule has 6 aromatic carbocycles. The van der Waals surface area contributed by atoms with Gasteiger partial charge in [0.15, 0.2) is 0 Å². The van der Waals surface area contributed by atoms with Gasteiger partial charge in [0.2, 0.25) is 0 Å².